The van der Waals surface area contributed by atoms with Crippen LogP contribution in [-0.2, 0) is 12.8 Å². The topological polar surface area (TPSA) is 30.7 Å². The Morgan fingerprint density at radius 3 is 2.57 bits per heavy atom. The molecular formula is C19H20FN3. The molecule has 0 saturated heterocycles. The molecule has 0 amide bonds. The summed E-state index contributed by atoms with van der Waals surface area (Å²) in [6, 6.07) is 9.03. The van der Waals surface area contributed by atoms with Crippen molar-refractivity contribution < 1.29 is 4.39 Å². The van der Waals surface area contributed by atoms with Gasteiger partial charge in [-0.3, -0.25) is 4.98 Å². The number of nitrogens with zero attached hydrogens (tertiary/aromatic N) is 3. The predicted molar refractivity (Wildman–Crippen MR) is 89.0 cm³/mol. The van der Waals surface area contributed by atoms with E-state index in [0.29, 0.717) is 0 Å². The van der Waals surface area contributed by atoms with Gasteiger partial charge in [0.25, 0.3) is 0 Å². The third-order valence-electron chi connectivity index (χ3n) is 3.90. The zero-order valence-corrected chi connectivity index (χ0v) is 13.0. The van der Waals surface area contributed by atoms with Crippen molar-refractivity contribution in [3.63, 3.8) is 0 Å². The van der Waals surface area contributed by atoms with Gasteiger partial charge in [-0.2, -0.15) is 0 Å². The van der Waals surface area contributed by atoms with E-state index in [1.54, 1.807) is 24.7 Å². The van der Waals surface area contributed by atoms with Crippen LogP contribution in [0.2, 0.25) is 0 Å². The lowest BCUT2D eigenvalue weighted by atomic mass is 10.0. The molecule has 0 radical (unpaired) electrons. The maximum atomic E-state index is 13.1. The monoisotopic (exact) mass is 309 g/mol. The summed E-state index contributed by atoms with van der Waals surface area (Å²) in [5.41, 5.74) is 3.36. The minimum absolute atomic E-state index is 0.148. The Morgan fingerprint density at radius 2 is 1.78 bits per heavy atom. The molecule has 0 bridgehead atoms. The van der Waals surface area contributed by atoms with Crippen molar-refractivity contribution in [2.75, 3.05) is 0 Å². The molecule has 0 aliphatic rings. The Kier molecular flexibility index (Phi) is 5.14. The van der Waals surface area contributed by atoms with Crippen LogP contribution < -0.4 is 0 Å². The van der Waals surface area contributed by atoms with Crippen molar-refractivity contribution in [1.82, 2.24) is 14.5 Å². The third-order valence-corrected chi connectivity index (χ3v) is 3.90. The lowest BCUT2D eigenvalue weighted by Crippen LogP contribution is -1.95. The smallest absolute Gasteiger partial charge is 0.123 e. The van der Waals surface area contributed by atoms with Crippen LogP contribution in [0, 0.1) is 5.82 Å². The maximum Gasteiger partial charge on any atom is 0.123 e. The highest BCUT2D eigenvalue weighted by molar-refractivity contribution is 5.32. The van der Waals surface area contributed by atoms with Gasteiger partial charge in [0, 0.05) is 18.6 Å². The Balaban J connectivity index is 1.45. The Bertz CT molecular complexity index is 738. The largest absolute Gasteiger partial charge is 0.305 e. The number of pyridine rings is 1. The lowest BCUT2D eigenvalue weighted by molar-refractivity contribution is 0.622. The summed E-state index contributed by atoms with van der Waals surface area (Å²) in [5.74, 6) is -0.148. The summed E-state index contributed by atoms with van der Waals surface area (Å²) >= 11 is 0. The van der Waals surface area contributed by atoms with Gasteiger partial charge in [-0.05, 0) is 55.0 Å². The Labute approximate surface area is 135 Å². The van der Waals surface area contributed by atoms with Crippen molar-refractivity contribution in [2.24, 2.45) is 0 Å². The fraction of sp³-hybridized carbons (Fsp3) is 0.263. The molecule has 3 rings (SSSR count). The molecular weight excluding hydrogens is 289 g/mol. The number of hydrogen-bond donors (Lipinski definition) is 0. The summed E-state index contributed by atoms with van der Waals surface area (Å²) in [7, 11) is 0. The van der Waals surface area contributed by atoms with Crippen molar-refractivity contribution >= 4 is 0 Å². The van der Waals surface area contributed by atoms with E-state index in [2.05, 4.69) is 16.0 Å². The highest BCUT2D eigenvalue weighted by atomic mass is 19.1. The molecule has 4 heteroatoms. The molecule has 2 heterocycles. The van der Waals surface area contributed by atoms with E-state index in [-0.39, 0.29) is 5.82 Å². The van der Waals surface area contributed by atoms with E-state index in [1.165, 1.54) is 11.6 Å². The molecule has 23 heavy (non-hydrogen) atoms. The molecule has 1 aromatic carbocycles. The van der Waals surface area contributed by atoms with Gasteiger partial charge in [-0.25, -0.2) is 9.37 Å². The van der Waals surface area contributed by atoms with Crippen LogP contribution in [0.1, 0.15) is 30.4 Å². The van der Waals surface area contributed by atoms with E-state index in [0.717, 1.165) is 43.4 Å². The third kappa shape index (κ3) is 4.49. The van der Waals surface area contributed by atoms with Gasteiger partial charge >= 0.3 is 0 Å². The van der Waals surface area contributed by atoms with E-state index >= 15 is 0 Å². The zero-order valence-electron chi connectivity index (χ0n) is 13.0. The molecule has 0 saturated carbocycles. The first-order valence-corrected chi connectivity index (χ1v) is 7.98. The van der Waals surface area contributed by atoms with E-state index in [1.807, 2.05) is 29.2 Å². The van der Waals surface area contributed by atoms with Crippen molar-refractivity contribution in [3.05, 3.63) is 78.4 Å². The maximum absolute atomic E-state index is 13.1. The number of benzene rings is 1. The summed E-state index contributed by atoms with van der Waals surface area (Å²) < 4.78 is 15.1. The first-order chi connectivity index (χ1) is 11.3. The molecule has 118 valence electrons. The molecule has 3 aromatic rings. The van der Waals surface area contributed by atoms with Crippen LogP contribution in [0.15, 0.2) is 61.4 Å². The molecule has 0 aliphatic heterocycles. The van der Waals surface area contributed by atoms with Crippen molar-refractivity contribution in [1.29, 1.82) is 0 Å². The van der Waals surface area contributed by atoms with Gasteiger partial charge in [0.05, 0.1) is 18.2 Å². The van der Waals surface area contributed by atoms with Crippen LogP contribution in [0.5, 0.6) is 0 Å². The molecule has 0 fully saturated rings. The van der Waals surface area contributed by atoms with Crippen LogP contribution in [-0.4, -0.2) is 14.5 Å². The fourth-order valence-electron chi connectivity index (χ4n) is 2.69. The van der Waals surface area contributed by atoms with Gasteiger partial charge in [0.1, 0.15) is 5.82 Å². The van der Waals surface area contributed by atoms with Gasteiger partial charge in [-0.15, -0.1) is 0 Å². The van der Waals surface area contributed by atoms with Crippen molar-refractivity contribution in [3.8, 4) is 5.69 Å². The summed E-state index contributed by atoms with van der Waals surface area (Å²) in [6.07, 6.45) is 14.5. The van der Waals surface area contributed by atoms with Gasteiger partial charge < -0.3 is 4.57 Å². The summed E-state index contributed by atoms with van der Waals surface area (Å²) in [5, 5.41) is 0. The second-order valence-electron chi connectivity index (χ2n) is 5.71. The van der Waals surface area contributed by atoms with Gasteiger partial charge in [0.15, 0.2) is 0 Å². The number of rotatable bonds is 7. The van der Waals surface area contributed by atoms with E-state index in [4.69, 9.17) is 0 Å². The molecule has 2 aromatic heterocycles. The average Bonchev–Trinajstić information content (AvgIpc) is 3.09. The zero-order chi connectivity index (χ0) is 15.9. The molecule has 0 atom stereocenters. The van der Waals surface area contributed by atoms with Crippen molar-refractivity contribution in [2.45, 2.75) is 32.1 Å². The molecule has 0 spiro atoms. The molecule has 0 aliphatic carbocycles. The van der Waals surface area contributed by atoms with Gasteiger partial charge in [0.2, 0.25) is 0 Å². The normalized spacial score (nSPS) is 10.8. The van der Waals surface area contributed by atoms with E-state index < -0.39 is 0 Å². The minimum atomic E-state index is -0.148. The summed E-state index contributed by atoms with van der Waals surface area (Å²) in [4.78, 5) is 8.36. The Hall–Kier alpha value is -2.49. The first kappa shape index (κ1) is 15.4. The quantitative estimate of drug-likeness (QED) is 0.607. The minimum Gasteiger partial charge on any atom is -0.305 e. The molecule has 0 N–H and O–H groups in total. The number of unbranched alkanes of at least 4 members (excludes halogenated alkanes) is 2. The number of aromatic nitrogens is 3. The van der Waals surface area contributed by atoms with Crippen LogP contribution >= 0.6 is 0 Å². The molecule has 0 unspecified atom stereocenters. The number of imidazole rings is 1. The number of aryl methyl sites for hydroxylation is 2. The standard InChI is InChI=1S/C19H20FN3/c20-18-8-4-7-16(11-18)5-2-1-3-6-17-12-19(14-22-13-17)23-10-9-21-15-23/h4,7-15H,1-3,5-6H2. The fourth-order valence-corrected chi connectivity index (χ4v) is 2.69. The Morgan fingerprint density at radius 1 is 0.913 bits per heavy atom. The second kappa shape index (κ2) is 7.68. The highest BCUT2D eigenvalue weighted by Crippen LogP contribution is 2.13. The second-order valence-corrected chi connectivity index (χ2v) is 5.71. The number of halogens is 1. The predicted octanol–water partition coefficient (Wildman–Crippen LogP) is 4.36. The lowest BCUT2D eigenvalue weighted by Gasteiger charge is -2.06. The van der Waals surface area contributed by atoms with Crippen LogP contribution in [0.25, 0.3) is 5.69 Å². The summed E-state index contributed by atoms with van der Waals surface area (Å²) in [6.45, 7) is 0. The first-order valence-electron chi connectivity index (χ1n) is 7.98. The van der Waals surface area contributed by atoms with Crippen LogP contribution in [0.3, 0.4) is 0 Å². The molecule has 3 nitrogen and oxygen atoms in total. The van der Waals surface area contributed by atoms with E-state index in [9.17, 15) is 4.39 Å². The SMILES string of the molecule is Fc1cccc(CCCCCc2cncc(-n3ccnc3)c2)c1. The van der Waals surface area contributed by atoms with Crippen LogP contribution in [0.4, 0.5) is 4.39 Å². The number of hydrogen-bond acceptors (Lipinski definition) is 2. The highest BCUT2D eigenvalue weighted by Gasteiger charge is 2.00. The van der Waals surface area contributed by atoms with Gasteiger partial charge in [-0.1, -0.05) is 18.6 Å². The average molecular weight is 309 g/mol.